The molecular formula is C12H20N2O2. The van der Waals surface area contributed by atoms with Gasteiger partial charge in [0.1, 0.15) is 5.76 Å². The van der Waals surface area contributed by atoms with Crippen molar-refractivity contribution < 1.29 is 9.21 Å². The number of rotatable bonds is 3. The minimum Gasteiger partial charge on any atom is -0.467 e. The average molecular weight is 224 g/mol. The van der Waals surface area contributed by atoms with Gasteiger partial charge in [0.2, 0.25) is 5.91 Å². The SMILES string of the molecule is CN(Cc1ccco1)C(=O)[C@H](N)C(C)(C)C. The molecule has 90 valence electrons. The lowest BCUT2D eigenvalue weighted by Gasteiger charge is -2.29. The van der Waals surface area contributed by atoms with Crippen molar-refractivity contribution in [2.45, 2.75) is 33.4 Å². The first-order valence-electron chi connectivity index (χ1n) is 5.35. The monoisotopic (exact) mass is 224 g/mol. The Morgan fingerprint density at radius 1 is 1.56 bits per heavy atom. The molecule has 0 saturated heterocycles. The van der Waals surface area contributed by atoms with Gasteiger partial charge in [-0.05, 0) is 17.5 Å². The maximum absolute atomic E-state index is 12.0. The lowest BCUT2D eigenvalue weighted by Crippen LogP contribution is -2.48. The number of hydrogen-bond donors (Lipinski definition) is 1. The zero-order valence-corrected chi connectivity index (χ0v) is 10.4. The van der Waals surface area contributed by atoms with Crippen molar-refractivity contribution in [3.05, 3.63) is 24.2 Å². The summed E-state index contributed by atoms with van der Waals surface area (Å²) in [5.41, 5.74) is 5.67. The van der Waals surface area contributed by atoms with E-state index in [9.17, 15) is 4.79 Å². The van der Waals surface area contributed by atoms with E-state index >= 15 is 0 Å². The normalized spacial score (nSPS) is 13.6. The van der Waals surface area contributed by atoms with Gasteiger partial charge in [0.25, 0.3) is 0 Å². The summed E-state index contributed by atoms with van der Waals surface area (Å²) in [5, 5.41) is 0. The smallest absolute Gasteiger partial charge is 0.240 e. The molecule has 2 N–H and O–H groups in total. The second-order valence-electron chi connectivity index (χ2n) is 5.12. The quantitative estimate of drug-likeness (QED) is 0.848. The van der Waals surface area contributed by atoms with Crippen LogP contribution >= 0.6 is 0 Å². The molecule has 0 saturated carbocycles. The zero-order chi connectivity index (χ0) is 12.3. The molecule has 0 aliphatic carbocycles. The van der Waals surface area contributed by atoms with Crippen LogP contribution in [0.4, 0.5) is 0 Å². The molecule has 1 aromatic heterocycles. The predicted molar refractivity (Wildman–Crippen MR) is 62.6 cm³/mol. The van der Waals surface area contributed by atoms with E-state index in [1.807, 2.05) is 26.8 Å². The molecule has 1 aromatic rings. The molecule has 0 radical (unpaired) electrons. The fourth-order valence-electron chi connectivity index (χ4n) is 1.32. The first-order chi connectivity index (χ1) is 7.32. The summed E-state index contributed by atoms with van der Waals surface area (Å²) < 4.78 is 5.18. The number of carbonyl (C=O) groups is 1. The molecule has 0 unspecified atom stereocenters. The average Bonchev–Trinajstić information content (AvgIpc) is 2.66. The first-order valence-corrected chi connectivity index (χ1v) is 5.35. The van der Waals surface area contributed by atoms with Crippen LogP contribution in [0.3, 0.4) is 0 Å². The highest BCUT2D eigenvalue weighted by molar-refractivity contribution is 5.82. The van der Waals surface area contributed by atoms with E-state index in [0.29, 0.717) is 6.54 Å². The fourth-order valence-corrected chi connectivity index (χ4v) is 1.32. The third kappa shape index (κ3) is 3.10. The number of amides is 1. The van der Waals surface area contributed by atoms with Crippen LogP contribution in [-0.2, 0) is 11.3 Å². The van der Waals surface area contributed by atoms with Crippen LogP contribution in [-0.4, -0.2) is 23.9 Å². The van der Waals surface area contributed by atoms with Crippen molar-refractivity contribution in [2.75, 3.05) is 7.05 Å². The standard InChI is InChI=1S/C12H20N2O2/c1-12(2,3)10(13)11(15)14(4)8-9-6-5-7-16-9/h5-7,10H,8,13H2,1-4H3/t10-/m0/s1. The minimum absolute atomic E-state index is 0.0658. The van der Waals surface area contributed by atoms with Crippen LogP contribution in [0.2, 0.25) is 0 Å². The van der Waals surface area contributed by atoms with E-state index in [4.69, 9.17) is 10.2 Å². The molecule has 1 rings (SSSR count). The number of nitrogens with two attached hydrogens (primary N) is 1. The van der Waals surface area contributed by atoms with Crippen LogP contribution in [0.1, 0.15) is 26.5 Å². The van der Waals surface area contributed by atoms with Crippen LogP contribution in [0.15, 0.2) is 22.8 Å². The van der Waals surface area contributed by atoms with Gasteiger partial charge in [-0.2, -0.15) is 0 Å². The Hall–Kier alpha value is -1.29. The minimum atomic E-state index is -0.493. The Kier molecular flexibility index (Phi) is 3.75. The lowest BCUT2D eigenvalue weighted by atomic mass is 9.86. The molecule has 0 bridgehead atoms. The zero-order valence-electron chi connectivity index (χ0n) is 10.4. The first kappa shape index (κ1) is 12.8. The van der Waals surface area contributed by atoms with E-state index in [-0.39, 0.29) is 11.3 Å². The van der Waals surface area contributed by atoms with Gasteiger partial charge in [-0.15, -0.1) is 0 Å². The Balaban J connectivity index is 2.61. The summed E-state index contributed by atoms with van der Waals surface area (Å²) in [7, 11) is 1.73. The summed E-state index contributed by atoms with van der Waals surface area (Å²) in [6.07, 6.45) is 1.59. The Morgan fingerprint density at radius 3 is 2.62 bits per heavy atom. The van der Waals surface area contributed by atoms with Crippen molar-refractivity contribution in [3.63, 3.8) is 0 Å². The number of hydrogen-bond acceptors (Lipinski definition) is 3. The summed E-state index contributed by atoms with van der Waals surface area (Å²) in [4.78, 5) is 13.6. The van der Waals surface area contributed by atoms with Crippen LogP contribution in [0.25, 0.3) is 0 Å². The highest BCUT2D eigenvalue weighted by atomic mass is 16.3. The number of nitrogens with zero attached hydrogens (tertiary/aromatic N) is 1. The van der Waals surface area contributed by atoms with Crippen molar-refractivity contribution in [1.82, 2.24) is 4.90 Å². The Morgan fingerprint density at radius 2 is 2.19 bits per heavy atom. The van der Waals surface area contributed by atoms with Gasteiger partial charge < -0.3 is 15.1 Å². The predicted octanol–water partition coefficient (Wildman–Crippen LogP) is 1.61. The number of likely N-dealkylation sites (N-methyl/N-ethyl adjacent to an activating group) is 1. The highest BCUT2D eigenvalue weighted by Gasteiger charge is 2.29. The molecule has 0 aliphatic heterocycles. The van der Waals surface area contributed by atoms with Gasteiger partial charge >= 0.3 is 0 Å². The van der Waals surface area contributed by atoms with E-state index in [1.165, 1.54) is 0 Å². The number of furan rings is 1. The van der Waals surface area contributed by atoms with Gasteiger partial charge in [-0.1, -0.05) is 20.8 Å². The van der Waals surface area contributed by atoms with Gasteiger partial charge in [0.05, 0.1) is 18.8 Å². The van der Waals surface area contributed by atoms with Gasteiger partial charge in [0.15, 0.2) is 0 Å². The summed E-state index contributed by atoms with van der Waals surface area (Å²) in [5.74, 6) is 0.695. The molecule has 0 spiro atoms. The van der Waals surface area contributed by atoms with Gasteiger partial charge in [0, 0.05) is 7.05 Å². The third-order valence-corrected chi connectivity index (χ3v) is 2.55. The summed E-state index contributed by atoms with van der Waals surface area (Å²) in [6.45, 7) is 6.32. The third-order valence-electron chi connectivity index (χ3n) is 2.55. The summed E-state index contributed by atoms with van der Waals surface area (Å²) >= 11 is 0. The van der Waals surface area contributed by atoms with Crippen molar-refractivity contribution in [2.24, 2.45) is 11.1 Å². The fraction of sp³-hybridized carbons (Fsp3) is 0.583. The van der Waals surface area contributed by atoms with E-state index in [1.54, 1.807) is 24.3 Å². The van der Waals surface area contributed by atoms with Crippen LogP contribution in [0, 0.1) is 5.41 Å². The second kappa shape index (κ2) is 4.70. The van der Waals surface area contributed by atoms with E-state index in [0.717, 1.165) is 5.76 Å². The molecule has 4 heteroatoms. The van der Waals surface area contributed by atoms with Crippen molar-refractivity contribution >= 4 is 5.91 Å². The Labute approximate surface area is 96.4 Å². The maximum Gasteiger partial charge on any atom is 0.240 e. The molecule has 16 heavy (non-hydrogen) atoms. The second-order valence-corrected chi connectivity index (χ2v) is 5.12. The van der Waals surface area contributed by atoms with E-state index < -0.39 is 6.04 Å². The molecule has 0 aromatic carbocycles. The summed E-state index contributed by atoms with van der Waals surface area (Å²) in [6, 6.07) is 3.15. The maximum atomic E-state index is 12.0. The molecule has 1 heterocycles. The van der Waals surface area contributed by atoms with Gasteiger partial charge in [-0.25, -0.2) is 0 Å². The molecule has 0 fully saturated rings. The Bertz CT molecular complexity index is 338. The van der Waals surface area contributed by atoms with E-state index in [2.05, 4.69) is 0 Å². The molecular weight excluding hydrogens is 204 g/mol. The van der Waals surface area contributed by atoms with Crippen LogP contribution in [0.5, 0.6) is 0 Å². The largest absolute Gasteiger partial charge is 0.467 e. The molecule has 0 aliphatic rings. The highest BCUT2D eigenvalue weighted by Crippen LogP contribution is 2.19. The molecule has 1 amide bonds. The van der Waals surface area contributed by atoms with Crippen molar-refractivity contribution in [3.8, 4) is 0 Å². The van der Waals surface area contributed by atoms with Gasteiger partial charge in [-0.3, -0.25) is 4.79 Å². The van der Waals surface area contributed by atoms with Crippen LogP contribution < -0.4 is 5.73 Å². The number of carbonyl (C=O) groups excluding carboxylic acids is 1. The lowest BCUT2D eigenvalue weighted by molar-refractivity contribution is -0.134. The molecule has 1 atom stereocenters. The molecule has 4 nitrogen and oxygen atoms in total. The van der Waals surface area contributed by atoms with Crippen molar-refractivity contribution in [1.29, 1.82) is 0 Å². The topological polar surface area (TPSA) is 59.5 Å².